The highest BCUT2D eigenvalue weighted by Crippen LogP contribution is 2.16. The molecule has 2 aromatic rings. The van der Waals surface area contributed by atoms with Crippen molar-refractivity contribution in [3.8, 4) is 0 Å². The number of benzene rings is 1. The van der Waals surface area contributed by atoms with E-state index in [2.05, 4.69) is 54.4 Å². The number of nitrogens with zero attached hydrogens (tertiary/aromatic N) is 3. The van der Waals surface area contributed by atoms with E-state index in [1.165, 1.54) is 16.7 Å². The molecule has 0 aliphatic carbocycles. The third kappa shape index (κ3) is 3.17. The molecule has 1 unspecified atom stereocenters. The molecule has 1 atom stereocenters. The average Bonchev–Trinajstić information content (AvgIpc) is 2.70. The predicted octanol–water partition coefficient (Wildman–Crippen LogP) is 2.28. The van der Waals surface area contributed by atoms with Crippen LogP contribution >= 0.6 is 0 Å². The van der Waals surface area contributed by atoms with Gasteiger partial charge >= 0.3 is 0 Å². The fourth-order valence-electron chi connectivity index (χ4n) is 2.09. The molecule has 0 saturated carbocycles. The lowest BCUT2D eigenvalue weighted by atomic mass is 10.0. The van der Waals surface area contributed by atoms with E-state index in [1.54, 1.807) is 11.0 Å². The highest BCUT2D eigenvalue weighted by atomic mass is 15.3. The van der Waals surface area contributed by atoms with Crippen LogP contribution in [0.2, 0.25) is 0 Å². The lowest BCUT2D eigenvalue weighted by molar-refractivity contribution is 0.555. The van der Waals surface area contributed by atoms with Crippen molar-refractivity contribution in [2.75, 3.05) is 0 Å². The first-order valence-electron chi connectivity index (χ1n) is 6.20. The molecule has 1 N–H and O–H groups in total. The van der Waals surface area contributed by atoms with E-state index in [0.717, 1.165) is 5.82 Å². The van der Waals surface area contributed by atoms with E-state index in [0.29, 0.717) is 12.6 Å². The van der Waals surface area contributed by atoms with Gasteiger partial charge in [-0.2, -0.15) is 5.10 Å². The van der Waals surface area contributed by atoms with Gasteiger partial charge in [0, 0.05) is 13.1 Å². The SMILES string of the molecule is Cc1cc(C)cc(C(C)NCc2ncn(C)n2)c1. The van der Waals surface area contributed by atoms with Gasteiger partial charge in [-0.1, -0.05) is 29.3 Å². The van der Waals surface area contributed by atoms with Crippen molar-refractivity contribution in [2.45, 2.75) is 33.4 Å². The monoisotopic (exact) mass is 244 g/mol. The molecule has 1 heterocycles. The molecule has 0 bridgehead atoms. The summed E-state index contributed by atoms with van der Waals surface area (Å²) in [6, 6.07) is 6.93. The van der Waals surface area contributed by atoms with E-state index >= 15 is 0 Å². The summed E-state index contributed by atoms with van der Waals surface area (Å²) in [5.41, 5.74) is 3.91. The minimum Gasteiger partial charge on any atom is -0.303 e. The maximum Gasteiger partial charge on any atom is 0.164 e. The predicted molar refractivity (Wildman–Crippen MR) is 72.2 cm³/mol. The Balaban J connectivity index is 2.01. The fourth-order valence-corrected chi connectivity index (χ4v) is 2.09. The Hall–Kier alpha value is -1.68. The van der Waals surface area contributed by atoms with Gasteiger partial charge < -0.3 is 5.32 Å². The molecule has 0 saturated heterocycles. The summed E-state index contributed by atoms with van der Waals surface area (Å²) in [7, 11) is 1.88. The van der Waals surface area contributed by atoms with Crippen molar-refractivity contribution < 1.29 is 0 Å². The van der Waals surface area contributed by atoms with Gasteiger partial charge in [-0.25, -0.2) is 4.98 Å². The van der Waals surface area contributed by atoms with Crippen LogP contribution in [-0.4, -0.2) is 14.8 Å². The third-order valence-corrected chi connectivity index (χ3v) is 2.96. The molecule has 1 aromatic heterocycles. The Morgan fingerprint density at radius 2 is 1.89 bits per heavy atom. The number of hydrogen-bond donors (Lipinski definition) is 1. The first kappa shape index (κ1) is 12.8. The van der Waals surface area contributed by atoms with E-state index in [1.807, 2.05) is 7.05 Å². The van der Waals surface area contributed by atoms with E-state index < -0.39 is 0 Å². The summed E-state index contributed by atoms with van der Waals surface area (Å²) in [6.45, 7) is 7.11. The number of hydrogen-bond acceptors (Lipinski definition) is 3. The first-order chi connectivity index (χ1) is 8.54. The van der Waals surface area contributed by atoms with Crippen LogP contribution in [0, 0.1) is 13.8 Å². The number of rotatable bonds is 4. The second-order valence-electron chi connectivity index (χ2n) is 4.86. The van der Waals surface area contributed by atoms with Crippen molar-refractivity contribution in [3.63, 3.8) is 0 Å². The molecule has 18 heavy (non-hydrogen) atoms. The highest BCUT2D eigenvalue weighted by Gasteiger charge is 2.07. The standard InChI is InChI=1S/C14H20N4/c1-10-5-11(2)7-13(6-10)12(3)15-8-14-16-9-18(4)17-14/h5-7,9,12,15H,8H2,1-4H3. The summed E-state index contributed by atoms with van der Waals surface area (Å²) in [6.07, 6.45) is 1.72. The van der Waals surface area contributed by atoms with Gasteiger partial charge in [-0.3, -0.25) is 4.68 Å². The number of nitrogens with one attached hydrogen (secondary N) is 1. The van der Waals surface area contributed by atoms with Gasteiger partial charge in [0.2, 0.25) is 0 Å². The Kier molecular flexibility index (Phi) is 3.77. The van der Waals surface area contributed by atoms with Crippen LogP contribution in [0.1, 0.15) is 35.5 Å². The van der Waals surface area contributed by atoms with Crippen molar-refractivity contribution in [1.82, 2.24) is 20.1 Å². The van der Waals surface area contributed by atoms with Crippen LogP contribution < -0.4 is 5.32 Å². The van der Waals surface area contributed by atoms with Crippen LogP contribution in [-0.2, 0) is 13.6 Å². The molecule has 0 aliphatic heterocycles. The molecule has 0 amide bonds. The Morgan fingerprint density at radius 3 is 2.44 bits per heavy atom. The maximum atomic E-state index is 4.25. The van der Waals surface area contributed by atoms with Gasteiger partial charge in [0.25, 0.3) is 0 Å². The van der Waals surface area contributed by atoms with Crippen molar-refractivity contribution >= 4 is 0 Å². The zero-order valence-corrected chi connectivity index (χ0v) is 11.4. The van der Waals surface area contributed by atoms with Crippen LogP contribution in [0.5, 0.6) is 0 Å². The normalized spacial score (nSPS) is 12.7. The van der Waals surface area contributed by atoms with Gasteiger partial charge in [-0.05, 0) is 26.3 Å². The van der Waals surface area contributed by atoms with Crippen LogP contribution in [0.4, 0.5) is 0 Å². The highest BCUT2D eigenvalue weighted by molar-refractivity contribution is 5.30. The smallest absolute Gasteiger partial charge is 0.164 e. The Bertz CT molecular complexity index is 510. The quantitative estimate of drug-likeness (QED) is 0.897. The second kappa shape index (κ2) is 5.31. The lowest BCUT2D eigenvalue weighted by Crippen LogP contribution is -2.19. The zero-order chi connectivity index (χ0) is 13.1. The number of aromatic nitrogens is 3. The largest absolute Gasteiger partial charge is 0.303 e. The molecule has 0 aliphatic rings. The van der Waals surface area contributed by atoms with Gasteiger partial charge in [0.15, 0.2) is 5.82 Å². The topological polar surface area (TPSA) is 42.7 Å². The second-order valence-corrected chi connectivity index (χ2v) is 4.86. The Morgan fingerprint density at radius 1 is 1.22 bits per heavy atom. The summed E-state index contributed by atoms with van der Waals surface area (Å²) in [5, 5.41) is 7.70. The summed E-state index contributed by atoms with van der Waals surface area (Å²) >= 11 is 0. The van der Waals surface area contributed by atoms with Crippen molar-refractivity contribution in [2.24, 2.45) is 7.05 Å². The van der Waals surface area contributed by atoms with Gasteiger partial charge in [0.05, 0.1) is 6.54 Å². The van der Waals surface area contributed by atoms with Gasteiger partial charge in [0.1, 0.15) is 6.33 Å². The molecular formula is C14H20N4. The number of aryl methyl sites for hydroxylation is 3. The molecule has 1 aromatic carbocycles. The van der Waals surface area contributed by atoms with Crippen molar-refractivity contribution in [1.29, 1.82) is 0 Å². The van der Waals surface area contributed by atoms with E-state index in [-0.39, 0.29) is 0 Å². The van der Waals surface area contributed by atoms with Crippen molar-refractivity contribution in [3.05, 3.63) is 47.0 Å². The molecule has 0 radical (unpaired) electrons. The Labute approximate surface area is 108 Å². The van der Waals surface area contributed by atoms with Crippen LogP contribution in [0.25, 0.3) is 0 Å². The van der Waals surface area contributed by atoms with E-state index in [9.17, 15) is 0 Å². The molecule has 4 heteroatoms. The molecule has 4 nitrogen and oxygen atoms in total. The maximum absolute atomic E-state index is 4.25. The first-order valence-corrected chi connectivity index (χ1v) is 6.20. The van der Waals surface area contributed by atoms with Gasteiger partial charge in [-0.15, -0.1) is 0 Å². The minimum atomic E-state index is 0.299. The summed E-state index contributed by atoms with van der Waals surface area (Å²) in [4.78, 5) is 4.21. The summed E-state index contributed by atoms with van der Waals surface area (Å²) in [5.74, 6) is 0.828. The average molecular weight is 244 g/mol. The molecular weight excluding hydrogens is 224 g/mol. The van der Waals surface area contributed by atoms with E-state index in [4.69, 9.17) is 0 Å². The minimum absolute atomic E-state index is 0.299. The summed E-state index contributed by atoms with van der Waals surface area (Å²) < 4.78 is 1.72. The molecule has 0 fully saturated rings. The lowest BCUT2D eigenvalue weighted by Gasteiger charge is -2.14. The molecule has 96 valence electrons. The fraction of sp³-hybridized carbons (Fsp3) is 0.429. The molecule has 0 spiro atoms. The van der Waals surface area contributed by atoms with Crippen LogP contribution in [0.15, 0.2) is 24.5 Å². The zero-order valence-electron chi connectivity index (χ0n) is 11.4. The van der Waals surface area contributed by atoms with Crippen LogP contribution in [0.3, 0.4) is 0 Å². The third-order valence-electron chi connectivity index (χ3n) is 2.96. The molecule has 2 rings (SSSR count).